The summed E-state index contributed by atoms with van der Waals surface area (Å²) in [4.78, 5) is 56.7. The predicted octanol–water partition coefficient (Wildman–Crippen LogP) is 14.8. The van der Waals surface area contributed by atoms with Crippen molar-refractivity contribution in [2.24, 2.45) is 0 Å². The Balaban J connectivity index is 0.000000156. The van der Waals surface area contributed by atoms with E-state index in [0.717, 1.165) is 70.7 Å². The smallest absolute Gasteiger partial charge is 0.245 e. The van der Waals surface area contributed by atoms with E-state index in [9.17, 15) is 24.0 Å². The number of H-pyrrole nitrogens is 3. The van der Waals surface area contributed by atoms with Crippen molar-refractivity contribution >= 4 is 81.2 Å². The van der Waals surface area contributed by atoms with Crippen LogP contribution in [0.4, 0.5) is 29.1 Å². The second-order valence-electron chi connectivity index (χ2n) is 21.3. The number of rotatable bonds is 8. The van der Waals surface area contributed by atoms with Crippen LogP contribution < -0.4 is 27.4 Å². The maximum atomic E-state index is 11.6. The molecule has 5 aromatic heterocycles. The number of anilines is 5. The highest BCUT2D eigenvalue weighted by Gasteiger charge is 2.21. The van der Waals surface area contributed by atoms with Crippen LogP contribution in [0.5, 0.6) is 0 Å². The van der Waals surface area contributed by atoms with Crippen molar-refractivity contribution in [2.45, 2.75) is 34.6 Å². The third kappa shape index (κ3) is 21.5. The number of nitrogens with zero attached hydrogens (tertiary/aromatic N) is 7. The first-order valence-electron chi connectivity index (χ1n) is 30.8. The fourth-order valence-corrected chi connectivity index (χ4v) is 9.89. The van der Waals surface area contributed by atoms with Crippen molar-refractivity contribution in [3.05, 3.63) is 286 Å². The molecular weight excluding hydrogens is 1370 g/mol. The Bertz CT molecular complexity index is 5010. The summed E-state index contributed by atoms with van der Waals surface area (Å²) in [6.45, 7) is 7.04. The van der Waals surface area contributed by atoms with Gasteiger partial charge in [0, 0.05) is 85.7 Å². The largest absolute Gasteiger partial charge is 0.382 e. The Morgan fingerprint density at radius 1 is 0.430 bits per heavy atom. The van der Waals surface area contributed by atoms with Gasteiger partial charge in [0.1, 0.15) is 17.3 Å². The molecule has 0 spiro atoms. The third-order valence-electron chi connectivity index (χ3n) is 13.7. The van der Waals surface area contributed by atoms with Crippen molar-refractivity contribution in [3.63, 3.8) is 0 Å². The van der Waals surface area contributed by atoms with Crippen LogP contribution in [0.3, 0.4) is 0 Å². The van der Waals surface area contributed by atoms with Gasteiger partial charge in [-0.05, 0) is 64.6 Å². The van der Waals surface area contributed by atoms with Gasteiger partial charge in [-0.1, -0.05) is 236 Å². The van der Waals surface area contributed by atoms with Crippen molar-refractivity contribution < 1.29 is 24.0 Å². The van der Waals surface area contributed by atoms with Gasteiger partial charge in [-0.25, -0.2) is 0 Å². The van der Waals surface area contributed by atoms with E-state index in [-0.39, 0.29) is 29.5 Å². The number of halogens is 1. The highest BCUT2D eigenvalue weighted by Crippen LogP contribution is 2.31. The number of benzene rings is 8. The van der Waals surface area contributed by atoms with Crippen molar-refractivity contribution in [1.82, 2.24) is 50.2 Å². The molecule has 3 amide bonds. The lowest BCUT2D eigenvalue weighted by Gasteiger charge is -2.03. The molecule has 0 aliphatic carbocycles. The molecule has 5 heterocycles. The SMILES string of the molecule is C#Cc1ccccc1.CC(=O)Nc1c(I)c(-c2ccccc2)nn1C(C)=O.CC(=O)Nc1cc(-c2ccccc2)nn1C(C)=O.CC(=O)Nc1n[nH]c(-c2ccccc2)c1C#Cc1ccccc1.Nc1cc(-c2ccccc2)[nH]n1.Nc1n[nH]c(-c2ccccc2)c1C#Cc1ccccc1. The number of nitrogens with two attached hydrogens (primary N) is 2. The highest BCUT2D eigenvalue weighted by molar-refractivity contribution is 14.1. The number of nitrogens with one attached hydrogen (secondary N) is 6. The predicted molar refractivity (Wildman–Crippen MR) is 404 cm³/mol. The Kier molecular flexibility index (Phi) is 26.8. The third-order valence-corrected chi connectivity index (χ3v) is 14.7. The standard InChI is InChI=1S/C19H15N3O.C17H13N3.C13H12IN3O2.C13H13N3O2.C9H9N3.C8H6/c1-14(23)20-19-17(13-12-15-8-4-2-5-9-15)18(21-22-19)16-10-6-3-7-11-16;18-17-15(12-11-13-7-3-1-4-8-13)16(19-20-17)14-9-5-2-6-10-14;1-8(18)15-13-11(14)12(16-17(13)9(2)19)10-6-4-3-5-7-10;1-9(17)14-13-8-12(15-16(13)10(2)18)11-6-4-3-5-7-11;10-9-6-8(11-12-9)7-4-2-1-3-5-7;1-2-8-6-4-3-5-7-8/h2-11H,1H3,(H2,20,21,22,23);1-10H,(H3,18,19,20);3-7H,1-2H3,(H,15,18);3-8H,1-2H3,(H,14,17);1-6H,(H3,10,11,12);1,3-7H. The van der Waals surface area contributed by atoms with E-state index in [1.807, 2.05) is 249 Å². The molecule has 0 aliphatic rings. The Hall–Kier alpha value is -13.4. The lowest BCUT2D eigenvalue weighted by atomic mass is 10.1. The molecule has 496 valence electrons. The van der Waals surface area contributed by atoms with Crippen molar-refractivity contribution in [2.75, 3.05) is 27.4 Å². The number of amides is 3. The molecule has 10 N–H and O–H groups in total. The van der Waals surface area contributed by atoms with Crippen LogP contribution in [-0.2, 0) is 14.4 Å². The summed E-state index contributed by atoms with van der Waals surface area (Å²) in [7, 11) is 0. The number of aromatic amines is 3. The fourth-order valence-electron chi connectivity index (χ4n) is 9.10. The van der Waals surface area contributed by atoms with E-state index in [2.05, 4.69) is 109 Å². The van der Waals surface area contributed by atoms with E-state index in [1.165, 1.54) is 44.0 Å². The van der Waals surface area contributed by atoms with Crippen molar-refractivity contribution in [1.29, 1.82) is 0 Å². The number of nitrogen functional groups attached to an aromatic ring is 2. The number of hydrogen-bond donors (Lipinski definition) is 8. The molecule has 0 bridgehead atoms. The molecule has 0 unspecified atom stereocenters. The van der Waals surface area contributed by atoms with Gasteiger partial charge < -0.3 is 27.4 Å². The molecule has 0 atom stereocenters. The number of carbonyl (C=O) groups is 5. The van der Waals surface area contributed by atoms with Crippen LogP contribution in [0.25, 0.3) is 56.3 Å². The van der Waals surface area contributed by atoms with Crippen LogP contribution in [0.1, 0.15) is 72.0 Å². The first-order chi connectivity index (χ1) is 48.5. The molecule has 0 fully saturated rings. The topological polar surface area (TPSA) is 295 Å². The molecular formula is C79H68IN15O5. The number of carbonyl (C=O) groups excluding carboxylic acids is 5. The zero-order chi connectivity index (χ0) is 71.2. The molecule has 0 saturated carbocycles. The van der Waals surface area contributed by atoms with Gasteiger partial charge in [0.25, 0.3) is 0 Å². The summed E-state index contributed by atoms with van der Waals surface area (Å²) in [5.74, 6) is 16.0. The number of terminal acetylenes is 1. The van der Waals surface area contributed by atoms with Gasteiger partial charge in [0.15, 0.2) is 17.5 Å². The molecule has 0 radical (unpaired) electrons. The number of aromatic nitrogens is 10. The quantitative estimate of drug-likeness (QED) is 0.0520. The number of hydrogen-bond acceptors (Lipinski definition) is 12. The summed E-state index contributed by atoms with van der Waals surface area (Å²) < 4.78 is 3.14. The molecule has 13 rings (SSSR count). The van der Waals surface area contributed by atoms with Gasteiger partial charge in [0.2, 0.25) is 29.5 Å². The van der Waals surface area contributed by atoms with E-state index in [0.29, 0.717) is 46.0 Å². The van der Waals surface area contributed by atoms with E-state index in [4.69, 9.17) is 17.9 Å². The Labute approximate surface area is 592 Å². The van der Waals surface area contributed by atoms with E-state index < -0.39 is 0 Å². The first kappa shape index (κ1) is 72.4. The monoisotopic (exact) mass is 1430 g/mol. The molecule has 8 aromatic carbocycles. The second-order valence-corrected chi connectivity index (χ2v) is 22.4. The second kappa shape index (κ2) is 37.0. The summed E-state index contributed by atoms with van der Waals surface area (Å²) in [5.41, 5.74) is 24.4. The van der Waals surface area contributed by atoms with Gasteiger partial charge in [-0.3, -0.25) is 39.3 Å². The molecule has 100 heavy (non-hydrogen) atoms. The van der Waals surface area contributed by atoms with Crippen LogP contribution in [0.2, 0.25) is 0 Å². The van der Waals surface area contributed by atoms with Crippen LogP contribution in [-0.4, -0.2) is 79.7 Å². The molecule has 21 heteroatoms. The van der Waals surface area contributed by atoms with E-state index >= 15 is 0 Å². The minimum Gasteiger partial charge on any atom is -0.382 e. The van der Waals surface area contributed by atoms with Crippen LogP contribution >= 0.6 is 22.6 Å². The molecule has 20 nitrogen and oxygen atoms in total. The summed E-state index contributed by atoms with van der Waals surface area (Å²) >= 11 is 2.08. The van der Waals surface area contributed by atoms with Gasteiger partial charge in [-0.2, -0.15) is 34.9 Å². The Morgan fingerprint density at radius 2 is 0.840 bits per heavy atom. The average molecular weight is 1430 g/mol. The van der Waals surface area contributed by atoms with Gasteiger partial charge in [0.05, 0.1) is 37.5 Å². The lowest BCUT2D eigenvalue weighted by molar-refractivity contribution is -0.115. The Morgan fingerprint density at radius 3 is 1.27 bits per heavy atom. The zero-order valence-electron chi connectivity index (χ0n) is 55.0. The van der Waals surface area contributed by atoms with Gasteiger partial charge in [-0.15, -0.1) is 6.42 Å². The zero-order valence-corrected chi connectivity index (χ0v) is 57.2. The summed E-state index contributed by atoms with van der Waals surface area (Å²) in [5, 5.41) is 37.3. The van der Waals surface area contributed by atoms with E-state index in [1.54, 1.807) is 6.07 Å². The minimum atomic E-state index is -0.249. The fraction of sp³-hybridized carbons (Fsp3) is 0.0633. The first-order valence-corrected chi connectivity index (χ1v) is 31.9. The van der Waals surface area contributed by atoms with Crippen LogP contribution in [0.15, 0.2) is 255 Å². The average Bonchev–Trinajstić information content (AvgIpc) is 1.23. The molecule has 13 aromatic rings. The van der Waals surface area contributed by atoms with Gasteiger partial charge >= 0.3 is 0 Å². The van der Waals surface area contributed by atoms with Crippen LogP contribution in [0, 0.1) is 39.6 Å². The maximum absolute atomic E-state index is 11.6. The highest BCUT2D eigenvalue weighted by atomic mass is 127. The maximum Gasteiger partial charge on any atom is 0.245 e. The van der Waals surface area contributed by atoms with Crippen molar-refractivity contribution in [3.8, 4) is 92.3 Å². The summed E-state index contributed by atoms with van der Waals surface area (Å²) in [6, 6.07) is 81.2. The molecule has 0 aliphatic heterocycles. The normalized spacial score (nSPS) is 9.81. The lowest BCUT2D eigenvalue weighted by Crippen LogP contribution is -2.16. The summed E-state index contributed by atoms with van der Waals surface area (Å²) in [6.07, 6.45) is 5.10. The minimum absolute atomic E-state index is 0.182. The molecule has 0 saturated heterocycles.